The molecule has 1 saturated heterocycles. The lowest BCUT2D eigenvalue weighted by atomic mass is 10.2. The first-order valence-electron chi connectivity index (χ1n) is 7.30. The SMILES string of the molecule is CCCNC(=S)N1CCN(Cc2cccc(F)c2F)CC1. The summed E-state index contributed by atoms with van der Waals surface area (Å²) < 4.78 is 26.9. The van der Waals surface area contributed by atoms with Crippen molar-refractivity contribution in [3.8, 4) is 0 Å². The minimum atomic E-state index is -0.781. The first-order valence-corrected chi connectivity index (χ1v) is 7.70. The summed E-state index contributed by atoms with van der Waals surface area (Å²) in [6, 6.07) is 4.33. The largest absolute Gasteiger partial charge is 0.363 e. The highest BCUT2D eigenvalue weighted by Gasteiger charge is 2.20. The lowest BCUT2D eigenvalue weighted by Crippen LogP contribution is -2.51. The number of halogens is 2. The monoisotopic (exact) mass is 313 g/mol. The van der Waals surface area contributed by atoms with Gasteiger partial charge in [0.15, 0.2) is 16.7 Å². The topological polar surface area (TPSA) is 18.5 Å². The normalized spacial score (nSPS) is 16.0. The fourth-order valence-corrected chi connectivity index (χ4v) is 2.65. The van der Waals surface area contributed by atoms with Crippen molar-refractivity contribution in [3.05, 3.63) is 35.4 Å². The van der Waals surface area contributed by atoms with Crippen molar-refractivity contribution in [2.45, 2.75) is 19.9 Å². The summed E-state index contributed by atoms with van der Waals surface area (Å²) in [5, 5.41) is 4.00. The maximum atomic E-state index is 13.7. The predicted molar refractivity (Wildman–Crippen MR) is 84.1 cm³/mol. The number of nitrogens with one attached hydrogen (secondary N) is 1. The Labute approximate surface area is 129 Å². The number of benzene rings is 1. The Balaban J connectivity index is 1.84. The molecule has 1 heterocycles. The van der Waals surface area contributed by atoms with Crippen LogP contribution in [-0.2, 0) is 6.54 Å². The average molecular weight is 313 g/mol. The summed E-state index contributed by atoms with van der Waals surface area (Å²) in [5.74, 6) is -1.52. The Bertz CT molecular complexity index is 488. The first-order chi connectivity index (χ1) is 10.1. The summed E-state index contributed by atoms with van der Waals surface area (Å²) in [7, 11) is 0. The summed E-state index contributed by atoms with van der Waals surface area (Å²) in [6.45, 7) is 6.63. The van der Waals surface area contributed by atoms with E-state index in [1.54, 1.807) is 12.1 Å². The molecule has 1 aliphatic heterocycles. The molecule has 2 rings (SSSR count). The van der Waals surface area contributed by atoms with Gasteiger partial charge in [0.1, 0.15) is 0 Å². The molecule has 0 spiro atoms. The molecular weight excluding hydrogens is 292 g/mol. The van der Waals surface area contributed by atoms with Crippen LogP contribution in [0.4, 0.5) is 8.78 Å². The standard InChI is InChI=1S/C15H21F2N3S/c1-2-6-18-15(21)20-9-7-19(8-10-20)11-12-4-3-5-13(16)14(12)17/h3-5H,2,6-11H2,1H3,(H,18,21). The Morgan fingerprint density at radius 2 is 1.95 bits per heavy atom. The van der Waals surface area contributed by atoms with Gasteiger partial charge in [-0.15, -0.1) is 0 Å². The molecule has 1 aliphatic rings. The Hall–Kier alpha value is -1.27. The molecule has 1 N–H and O–H groups in total. The molecule has 0 aliphatic carbocycles. The predicted octanol–water partition coefficient (Wildman–Crippen LogP) is 2.37. The van der Waals surface area contributed by atoms with Crippen molar-refractivity contribution in [1.82, 2.24) is 15.1 Å². The highest BCUT2D eigenvalue weighted by molar-refractivity contribution is 7.80. The van der Waals surface area contributed by atoms with E-state index in [0.29, 0.717) is 12.1 Å². The molecule has 0 aromatic heterocycles. The molecule has 0 unspecified atom stereocenters. The summed E-state index contributed by atoms with van der Waals surface area (Å²) in [5.41, 5.74) is 0.412. The summed E-state index contributed by atoms with van der Waals surface area (Å²) in [6.07, 6.45) is 1.04. The van der Waals surface area contributed by atoms with Crippen LogP contribution in [0, 0.1) is 11.6 Å². The zero-order chi connectivity index (χ0) is 15.2. The number of hydrogen-bond donors (Lipinski definition) is 1. The van der Waals surface area contributed by atoms with Crippen molar-refractivity contribution in [3.63, 3.8) is 0 Å². The second-order valence-electron chi connectivity index (χ2n) is 5.21. The fourth-order valence-electron chi connectivity index (χ4n) is 2.36. The van der Waals surface area contributed by atoms with Crippen LogP contribution in [0.1, 0.15) is 18.9 Å². The maximum absolute atomic E-state index is 13.7. The van der Waals surface area contributed by atoms with Gasteiger partial charge in [-0.25, -0.2) is 8.78 Å². The molecule has 6 heteroatoms. The van der Waals surface area contributed by atoms with Crippen molar-refractivity contribution in [2.75, 3.05) is 32.7 Å². The van der Waals surface area contributed by atoms with Crippen molar-refractivity contribution >= 4 is 17.3 Å². The van der Waals surface area contributed by atoms with Crippen molar-refractivity contribution in [1.29, 1.82) is 0 Å². The van der Waals surface area contributed by atoms with E-state index < -0.39 is 11.6 Å². The van der Waals surface area contributed by atoms with E-state index in [1.807, 2.05) is 0 Å². The molecule has 0 saturated carbocycles. The Morgan fingerprint density at radius 1 is 1.24 bits per heavy atom. The van der Waals surface area contributed by atoms with Crippen LogP contribution in [0.5, 0.6) is 0 Å². The van der Waals surface area contributed by atoms with Gasteiger partial charge < -0.3 is 10.2 Å². The van der Waals surface area contributed by atoms with E-state index >= 15 is 0 Å². The maximum Gasteiger partial charge on any atom is 0.169 e. The second kappa shape index (κ2) is 7.66. The number of rotatable bonds is 4. The zero-order valence-electron chi connectivity index (χ0n) is 12.2. The molecule has 116 valence electrons. The average Bonchev–Trinajstić information content (AvgIpc) is 2.50. The minimum Gasteiger partial charge on any atom is -0.363 e. The molecule has 0 radical (unpaired) electrons. The lowest BCUT2D eigenvalue weighted by Gasteiger charge is -2.36. The van der Waals surface area contributed by atoms with Gasteiger partial charge in [0, 0.05) is 44.8 Å². The van der Waals surface area contributed by atoms with Crippen LogP contribution >= 0.6 is 12.2 Å². The van der Waals surface area contributed by atoms with Gasteiger partial charge in [-0.05, 0) is 24.7 Å². The van der Waals surface area contributed by atoms with Gasteiger partial charge in [0.25, 0.3) is 0 Å². The van der Waals surface area contributed by atoms with Crippen LogP contribution in [0.2, 0.25) is 0 Å². The quantitative estimate of drug-likeness (QED) is 0.860. The number of nitrogens with zero attached hydrogens (tertiary/aromatic N) is 2. The summed E-state index contributed by atoms with van der Waals surface area (Å²) >= 11 is 5.33. The van der Waals surface area contributed by atoms with Gasteiger partial charge in [-0.2, -0.15) is 0 Å². The van der Waals surface area contributed by atoms with E-state index in [9.17, 15) is 8.78 Å². The molecule has 1 aromatic rings. The lowest BCUT2D eigenvalue weighted by molar-refractivity contribution is 0.172. The second-order valence-corrected chi connectivity index (χ2v) is 5.59. The molecule has 0 atom stereocenters. The van der Waals surface area contributed by atoms with E-state index in [1.165, 1.54) is 0 Å². The third-order valence-electron chi connectivity index (χ3n) is 3.61. The number of hydrogen-bond acceptors (Lipinski definition) is 2. The smallest absolute Gasteiger partial charge is 0.169 e. The minimum absolute atomic E-state index is 0.412. The molecular formula is C15H21F2N3S. The van der Waals surface area contributed by atoms with Crippen LogP contribution in [0.25, 0.3) is 0 Å². The van der Waals surface area contributed by atoms with Crippen molar-refractivity contribution in [2.24, 2.45) is 0 Å². The van der Waals surface area contributed by atoms with E-state index in [2.05, 4.69) is 22.0 Å². The molecule has 0 bridgehead atoms. The van der Waals surface area contributed by atoms with Crippen LogP contribution in [0.15, 0.2) is 18.2 Å². The Morgan fingerprint density at radius 3 is 2.62 bits per heavy atom. The molecule has 1 aromatic carbocycles. The third-order valence-corrected chi connectivity index (χ3v) is 4.01. The molecule has 3 nitrogen and oxygen atoms in total. The highest BCUT2D eigenvalue weighted by atomic mass is 32.1. The van der Waals surface area contributed by atoms with Gasteiger partial charge in [-0.1, -0.05) is 19.1 Å². The van der Waals surface area contributed by atoms with Gasteiger partial charge >= 0.3 is 0 Å². The third kappa shape index (κ3) is 4.35. The molecule has 21 heavy (non-hydrogen) atoms. The number of thiocarbonyl (C=S) groups is 1. The van der Waals surface area contributed by atoms with E-state index in [-0.39, 0.29) is 0 Å². The molecule has 0 amide bonds. The fraction of sp³-hybridized carbons (Fsp3) is 0.533. The zero-order valence-corrected chi connectivity index (χ0v) is 13.1. The molecule has 1 fully saturated rings. The van der Waals surface area contributed by atoms with Gasteiger partial charge in [-0.3, -0.25) is 4.90 Å². The van der Waals surface area contributed by atoms with Crippen LogP contribution in [-0.4, -0.2) is 47.6 Å². The summed E-state index contributed by atoms with van der Waals surface area (Å²) in [4.78, 5) is 4.25. The number of piperazine rings is 1. The first kappa shape index (κ1) is 16.1. The van der Waals surface area contributed by atoms with Gasteiger partial charge in [0.2, 0.25) is 0 Å². The van der Waals surface area contributed by atoms with Gasteiger partial charge in [0.05, 0.1) is 0 Å². The van der Waals surface area contributed by atoms with E-state index in [0.717, 1.165) is 50.3 Å². The van der Waals surface area contributed by atoms with Crippen LogP contribution in [0.3, 0.4) is 0 Å². The Kier molecular flexibility index (Phi) is 5.87. The van der Waals surface area contributed by atoms with Crippen LogP contribution < -0.4 is 5.32 Å². The van der Waals surface area contributed by atoms with E-state index in [4.69, 9.17) is 12.2 Å². The highest BCUT2D eigenvalue weighted by Crippen LogP contribution is 2.15. The van der Waals surface area contributed by atoms with Crippen molar-refractivity contribution < 1.29 is 8.78 Å².